The second-order valence-electron chi connectivity index (χ2n) is 3.29. The Kier molecular flexibility index (Phi) is 8.71. The van der Waals surface area contributed by atoms with E-state index in [2.05, 4.69) is 5.32 Å². The Morgan fingerprint density at radius 2 is 2.06 bits per heavy atom. The molecule has 0 unspecified atom stereocenters. The molecule has 0 aliphatic carbocycles. The monoisotopic (exact) mass is 244 g/mol. The van der Waals surface area contributed by atoms with Gasteiger partial charge in [0, 0.05) is 24.7 Å². The molecule has 0 bridgehead atoms. The molecule has 0 saturated carbocycles. The van der Waals surface area contributed by atoms with Crippen molar-refractivity contribution in [2.45, 2.75) is 33.1 Å². The van der Waals surface area contributed by atoms with E-state index in [0.717, 1.165) is 12.8 Å². The van der Waals surface area contributed by atoms with Gasteiger partial charge in [-0.2, -0.15) is 0 Å². The van der Waals surface area contributed by atoms with E-state index in [-0.39, 0.29) is 17.6 Å². The van der Waals surface area contributed by atoms with Crippen LogP contribution in [-0.4, -0.2) is 23.3 Å². The van der Waals surface area contributed by atoms with E-state index in [0.29, 0.717) is 17.7 Å². The molecule has 0 spiro atoms. The van der Waals surface area contributed by atoms with Gasteiger partial charge in [0.05, 0.1) is 0 Å². The average molecular weight is 244 g/mol. The lowest BCUT2D eigenvalue weighted by molar-refractivity contribution is -0.121. The van der Waals surface area contributed by atoms with Crippen LogP contribution in [0.1, 0.15) is 33.1 Å². The molecule has 5 heteroatoms. The number of carbonyl (C=O) groups excluding carboxylic acids is 2. The fourth-order valence-corrected chi connectivity index (χ4v) is 1.63. The number of nitrogens with two attached hydrogens (primary N) is 1. The number of unbranched alkanes of at least 4 members (excludes halogenated alkanes) is 1. The lowest BCUT2D eigenvalue weighted by Crippen LogP contribution is -2.27. The topological polar surface area (TPSA) is 72.2 Å². The van der Waals surface area contributed by atoms with Crippen molar-refractivity contribution in [2.75, 3.05) is 12.3 Å². The number of thioether (sulfide) groups is 1. The SMILES string of the molecule is CCCCC(=O)NC/C(=C\N)C(=O)SCC. The molecule has 0 aromatic heterocycles. The van der Waals surface area contributed by atoms with Crippen LogP contribution in [-0.2, 0) is 9.59 Å². The quantitative estimate of drug-likeness (QED) is 0.664. The molecule has 4 nitrogen and oxygen atoms in total. The third-order valence-corrected chi connectivity index (χ3v) is 2.79. The summed E-state index contributed by atoms with van der Waals surface area (Å²) in [5, 5.41) is 2.62. The van der Waals surface area contributed by atoms with Crippen LogP contribution in [0.25, 0.3) is 0 Å². The van der Waals surface area contributed by atoms with Gasteiger partial charge in [-0.25, -0.2) is 0 Å². The number of rotatable bonds is 7. The van der Waals surface area contributed by atoms with Gasteiger partial charge in [-0.3, -0.25) is 9.59 Å². The van der Waals surface area contributed by atoms with Gasteiger partial charge in [-0.1, -0.05) is 32.0 Å². The number of carbonyl (C=O) groups is 2. The Morgan fingerprint density at radius 1 is 1.38 bits per heavy atom. The fraction of sp³-hybridized carbons (Fsp3) is 0.636. The molecule has 3 N–H and O–H groups in total. The summed E-state index contributed by atoms with van der Waals surface area (Å²) in [5.41, 5.74) is 5.80. The summed E-state index contributed by atoms with van der Waals surface area (Å²) in [6.07, 6.45) is 3.62. The molecular formula is C11H20N2O2S. The van der Waals surface area contributed by atoms with E-state index in [1.165, 1.54) is 18.0 Å². The number of nitrogens with one attached hydrogen (secondary N) is 1. The van der Waals surface area contributed by atoms with Crippen LogP contribution in [0.5, 0.6) is 0 Å². The van der Waals surface area contributed by atoms with Crippen molar-refractivity contribution < 1.29 is 9.59 Å². The summed E-state index contributed by atoms with van der Waals surface area (Å²) < 4.78 is 0. The molecule has 0 heterocycles. The zero-order valence-corrected chi connectivity index (χ0v) is 10.7. The van der Waals surface area contributed by atoms with Crippen molar-refractivity contribution in [1.82, 2.24) is 5.32 Å². The Bertz CT molecular complexity index is 265. The minimum Gasteiger partial charge on any atom is -0.404 e. The summed E-state index contributed by atoms with van der Waals surface area (Å²) >= 11 is 1.19. The van der Waals surface area contributed by atoms with Crippen LogP contribution in [0, 0.1) is 0 Å². The zero-order chi connectivity index (χ0) is 12.4. The van der Waals surface area contributed by atoms with Gasteiger partial charge >= 0.3 is 0 Å². The highest BCUT2D eigenvalue weighted by atomic mass is 32.2. The van der Waals surface area contributed by atoms with Gasteiger partial charge in [-0.15, -0.1) is 0 Å². The Labute approximate surface area is 101 Å². The Balaban J connectivity index is 3.97. The average Bonchev–Trinajstić information content (AvgIpc) is 2.27. The summed E-state index contributed by atoms with van der Waals surface area (Å²) in [5.74, 6) is 0.676. The predicted molar refractivity (Wildman–Crippen MR) is 67.9 cm³/mol. The lowest BCUT2D eigenvalue weighted by atomic mass is 10.2. The normalized spacial score (nSPS) is 11.2. The van der Waals surface area contributed by atoms with Gasteiger partial charge in [0.15, 0.2) is 0 Å². The Morgan fingerprint density at radius 3 is 2.56 bits per heavy atom. The minimum absolute atomic E-state index is 0.0319. The fourth-order valence-electron chi connectivity index (χ4n) is 1.04. The maximum absolute atomic E-state index is 11.5. The molecule has 1 amide bonds. The second kappa shape index (κ2) is 9.27. The first kappa shape index (κ1) is 15.0. The lowest BCUT2D eigenvalue weighted by Gasteiger charge is -2.06. The molecular weight excluding hydrogens is 224 g/mol. The van der Waals surface area contributed by atoms with Crippen molar-refractivity contribution in [3.05, 3.63) is 11.8 Å². The highest BCUT2D eigenvalue weighted by Gasteiger charge is 2.09. The largest absolute Gasteiger partial charge is 0.404 e. The van der Waals surface area contributed by atoms with Gasteiger partial charge < -0.3 is 11.1 Å². The maximum Gasteiger partial charge on any atom is 0.220 e. The summed E-state index contributed by atoms with van der Waals surface area (Å²) in [6, 6.07) is 0. The zero-order valence-electron chi connectivity index (χ0n) is 9.91. The number of hydrogen-bond donors (Lipinski definition) is 2. The van der Waals surface area contributed by atoms with E-state index < -0.39 is 0 Å². The number of hydrogen-bond acceptors (Lipinski definition) is 4. The van der Waals surface area contributed by atoms with Crippen LogP contribution >= 0.6 is 11.8 Å². The smallest absolute Gasteiger partial charge is 0.220 e. The van der Waals surface area contributed by atoms with Crippen molar-refractivity contribution in [2.24, 2.45) is 5.73 Å². The van der Waals surface area contributed by atoms with Crippen LogP contribution < -0.4 is 11.1 Å². The van der Waals surface area contributed by atoms with E-state index in [9.17, 15) is 9.59 Å². The first-order valence-electron chi connectivity index (χ1n) is 5.50. The molecule has 0 aliphatic rings. The summed E-state index contributed by atoms with van der Waals surface area (Å²) in [4.78, 5) is 22.8. The van der Waals surface area contributed by atoms with Crippen molar-refractivity contribution in [3.63, 3.8) is 0 Å². The molecule has 0 aromatic carbocycles. The van der Waals surface area contributed by atoms with Crippen LogP contribution in [0.15, 0.2) is 11.8 Å². The van der Waals surface area contributed by atoms with E-state index in [4.69, 9.17) is 5.73 Å². The van der Waals surface area contributed by atoms with Gasteiger partial charge in [-0.05, 0) is 12.2 Å². The van der Waals surface area contributed by atoms with E-state index in [1.807, 2.05) is 13.8 Å². The van der Waals surface area contributed by atoms with E-state index >= 15 is 0 Å². The summed E-state index contributed by atoms with van der Waals surface area (Å²) in [6.45, 7) is 4.15. The molecule has 16 heavy (non-hydrogen) atoms. The maximum atomic E-state index is 11.5. The molecule has 0 saturated heterocycles. The molecule has 0 aliphatic heterocycles. The third kappa shape index (κ3) is 6.50. The molecule has 0 aromatic rings. The van der Waals surface area contributed by atoms with Crippen LogP contribution in [0.4, 0.5) is 0 Å². The first-order valence-corrected chi connectivity index (χ1v) is 6.48. The molecule has 92 valence electrons. The van der Waals surface area contributed by atoms with Crippen LogP contribution in [0.3, 0.4) is 0 Å². The standard InChI is InChI=1S/C11H20N2O2S/c1-3-5-6-10(14)13-8-9(7-12)11(15)16-4-2/h7H,3-6,8,12H2,1-2H3,(H,13,14)/b9-7+. The molecule has 0 fully saturated rings. The highest BCUT2D eigenvalue weighted by Crippen LogP contribution is 2.08. The second-order valence-corrected chi connectivity index (χ2v) is 4.53. The summed E-state index contributed by atoms with van der Waals surface area (Å²) in [7, 11) is 0. The Hall–Kier alpha value is -0.970. The first-order chi connectivity index (χ1) is 7.65. The van der Waals surface area contributed by atoms with E-state index in [1.54, 1.807) is 0 Å². The third-order valence-electron chi connectivity index (χ3n) is 1.97. The van der Waals surface area contributed by atoms with Gasteiger partial charge in [0.25, 0.3) is 0 Å². The van der Waals surface area contributed by atoms with Crippen molar-refractivity contribution in [3.8, 4) is 0 Å². The van der Waals surface area contributed by atoms with Crippen LogP contribution in [0.2, 0.25) is 0 Å². The molecule has 0 rings (SSSR count). The number of amides is 1. The molecule has 0 radical (unpaired) electrons. The minimum atomic E-state index is -0.0687. The van der Waals surface area contributed by atoms with Crippen molar-refractivity contribution >= 4 is 22.8 Å². The van der Waals surface area contributed by atoms with Gasteiger partial charge in [0.1, 0.15) is 0 Å². The van der Waals surface area contributed by atoms with Gasteiger partial charge in [0.2, 0.25) is 11.0 Å². The predicted octanol–water partition coefficient (Wildman–Crippen LogP) is 1.42. The van der Waals surface area contributed by atoms with Crippen molar-refractivity contribution in [1.29, 1.82) is 0 Å². The molecule has 0 atom stereocenters. The highest BCUT2D eigenvalue weighted by molar-refractivity contribution is 8.14.